The Balaban J connectivity index is 2.19. The molecular formula is C10H16N6S. The summed E-state index contributed by atoms with van der Waals surface area (Å²) in [5.74, 6) is 0.986. The van der Waals surface area contributed by atoms with Crippen LogP contribution in [0.5, 0.6) is 0 Å². The van der Waals surface area contributed by atoms with Gasteiger partial charge in [-0.25, -0.2) is 4.98 Å². The zero-order valence-corrected chi connectivity index (χ0v) is 11.0. The zero-order valence-electron chi connectivity index (χ0n) is 10.2. The van der Waals surface area contributed by atoms with Gasteiger partial charge in [0.1, 0.15) is 12.2 Å². The number of hydrogen-bond donors (Lipinski definition) is 1. The van der Waals surface area contributed by atoms with E-state index in [0.717, 1.165) is 29.4 Å². The third-order valence-electron chi connectivity index (χ3n) is 2.73. The van der Waals surface area contributed by atoms with Crippen molar-refractivity contribution in [2.24, 2.45) is 0 Å². The average Bonchev–Trinajstić information content (AvgIpc) is 2.94. The molecule has 0 spiro atoms. The Bertz CT molecular complexity index is 477. The fourth-order valence-electron chi connectivity index (χ4n) is 1.78. The van der Waals surface area contributed by atoms with Crippen LogP contribution in [0.2, 0.25) is 0 Å². The van der Waals surface area contributed by atoms with Crippen LogP contribution in [0, 0.1) is 6.92 Å². The summed E-state index contributed by atoms with van der Waals surface area (Å²) in [6.45, 7) is 4.88. The number of nitrogens with zero attached hydrogens (tertiary/aromatic N) is 5. The van der Waals surface area contributed by atoms with Gasteiger partial charge in [0.25, 0.3) is 0 Å². The Kier molecular flexibility index (Phi) is 3.80. The van der Waals surface area contributed by atoms with Gasteiger partial charge in [0, 0.05) is 13.0 Å². The largest absolute Gasteiger partial charge is 0.312 e. The molecule has 2 aromatic heterocycles. The highest BCUT2D eigenvalue weighted by Gasteiger charge is 2.18. The molecule has 0 bridgehead atoms. The quantitative estimate of drug-likeness (QED) is 0.858. The van der Waals surface area contributed by atoms with Crippen LogP contribution in [-0.2, 0) is 13.0 Å². The van der Waals surface area contributed by atoms with Crippen molar-refractivity contribution < 1.29 is 0 Å². The molecule has 1 N–H and O–H groups in total. The highest BCUT2D eigenvalue weighted by Crippen LogP contribution is 2.22. The number of likely N-dealkylation sites (N-methyl/N-ethyl adjacent to an activating group) is 1. The van der Waals surface area contributed by atoms with Gasteiger partial charge >= 0.3 is 0 Å². The third kappa shape index (κ3) is 2.50. The second kappa shape index (κ2) is 5.33. The molecule has 0 aliphatic heterocycles. The zero-order chi connectivity index (χ0) is 12.3. The molecule has 2 aromatic rings. The van der Waals surface area contributed by atoms with Gasteiger partial charge in [0.15, 0.2) is 0 Å². The second-order valence-corrected chi connectivity index (χ2v) is 4.55. The first-order valence-electron chi connectivity index (χ1n) is 5.59. The predicted octanol–water partition coefficient (Wildman–Crippen LogP) is 0.961. The number of rotatable bonds is 5. The van der Waals surface area contributed by atoms with E-state index >= 15 is 0 Å². The van der Waals surface area contributed by atoms with E-state index in [4.69, 9.17) is 0 Å². The van der Waals surface area contributed by atoms with E-state index in [9.17, 15) is 0 Å². The van der Waals surface area contributed by atoms with Crippen molar-refractivity contribution >= 4 is 11.5 Å². The molecule has 0 saturated carbocycles. The smallest absolute Gasteiger partial charge is 0.138 e. The lowest BCUT2D eigenvalue weighted by Crippen LogP contribution is -2.21. The summed E-state index contributed by atoms with van der Waals surface area (Å²) < 4.78 is 5.88. The van der Waals surface area contributed by atoms with Crippen LogP contribution >= 0.6 is 11.5 Å². The Morgan fingerprint density at radius 1 is 1.53 bits per heavy atom. The first-order valence-corrected chi connectivity index (χ1v) is 6.36. The highest BCUT2D eigenvalue weighted by atomic mass is 32.1. The van der Waals surface area contributed by atoms with Crippen LogP contribution in [0.4, 0.5) is 0 Å². The van der Waals surface area contributed by atoms with E-state index in [2.05, 4.69) is 31.9 Å². The van der Waals surface area contributed by atoms with E-state index < -0.39 is 0 Å². The molecular weight excluding hydrogens is 236 g/mol. The normalized spacial score (nSPS) is 12.9. The van der Waals surface area contributed by atoms with Gasteiger partial charge in [-0.1, -0.05) is 4.49 Å². The van der Waals surface area contributed by atoms with Crippen LogP contribution in [0.3, 0.4) is 0 Å². The molecule has 6 nitrogen and oxygen atoms in total. The second-order valence-electron chi connectivity index (χ2n) is 3.76. The maximum atomic E-state index is 4.29. The van der Waals surface area contributed by atoms with E-state index in [0.29, 0.717) is 0 Å². The van der Waals surface area contributed by atoms with Crippen molar-refractivity contribution in [3.8, 4) is 0 Å². The molecule has 2 rings (SSSR count). The van der Waals surface area contributed by atoms with E-state index in [1.807, 2.05) is 18.7 Å². The topological polar surface area (TPSA) is 68.5 Å². The van der Waals surface area contributed by atoms with Crippen molar-refractivity contribution in [3.05, 3.63) is 22.7 Å². The standard InChI is InChI=1S/C10H16N6S/c1-4-16-9(12-6-13-16)5-8(11-3)10-7(2)14-15-17-10/h6,8,11H,4-5H2,1-3H3. The summed E-state index contributed by atoms with van der Waals surface area (Å²) in [6, 6.07) is 0.199. The Morgan fingerprint density at radius 3 is 2.94 bits per heavy atom. The lowest BCUT2D eigenvalue weighted by Gasteiger charge is -2.14. The van der Waals surface area contributed by atoms with Crippen molar-refractivity contribution in [1.82, 2.24) is 29.7 Å². The molecule has 1 atom stereocenters. The molecule has 2 heterocycles. The SMILES string of the molecule is CCn1ncnc1CC(NC)c1snnc1C. The summed E-state index contributed by atoms with van der Waals surface area (Å²) >= 11 is 1.44. The molecule has 0 aromatic carbocycles. The van der Waals surface area contributed by atoms with Crippen molar-refractivity contribution in [3.63, 3.8) is 0 Å². The summed E-state index contributed by atoms with van der Waals surface area (Å²) in [6.07, 6.45) is 2.40. The van der Waals surface area contributed by atoms with Gasteiger partial charge in [-0.15, -0.1) is 5.10 Å². The lowest BCUT2D eigenvalue weighted by molar-refractivity contribution is 0.537. The summed E-state index contributed by atoms with van der Waals surface area (Å²) in [5.41, 5.74) is 0.983. The summed E-state index contributed by atoms with van der Waals surface area (Å²) in [4.78, 5) is 5.45. The third-order valence-corrected chi connectivity index (χ3v) is 3.67. The van der Waals surface area contributed by atoms with Crippen molar-refractivity contribution in [1.29, 1.82) is 0 Å². The minimum atomic E-state index is 0.199. The predicted molar refractivity (Wildman–Crippen MR) is 65.8 cm³/mol. The molecule has 7 heteroatoms. The molecule has 1 unspecified atom stereocenters. The number of nitrogens with one attached hydrogen (secondary N) is 1. The molecule has 92 valence electrons. The molecule has 0 radical (unpaired) electrons. The van der Waals surface area contributed by atoms with Gasteiger partial charge in [0.2, 0.25) is 0 Å². The van der Waals surface area contributed by atoms with Crippen LogP contribution in [0.15, 0.2) is 6.33 Å². The minimum Gasteiger partial charge on any atom is -0.312 e. The Morgan fingerprint density at radius 2 is 2.35 bits per heavy atom. The van der Waals surface area contributed by atoms with Gasteiger partial charge in [-0.05, 0) is 32.4 Å². The van der Waals surface area contributed by atoms with Gasteiger partial charge < -0.3 is 5.32 Å². The summed E-state index contributed by atoms with van der Waals surface area (Å²) in [7, 11) is 1.94. The number of aryl methyl sites for hydroxylation is 2. The van der Waals surface area contributed by atoms with E-state index in [1.54, 1.807) is 6.33 Å². The molecule has 0 fully saturated rings. The monoisotopic (exact) mass is 252 g/mol. The Labute approximate surface area is 104 Å². The van der Waals surface area contributed by atoms with Crippen molar-refractivity contribution in [2.75, 3.05) is 7.05 Å². The molecule has 0 amide bonds. The highest BCUT2D eigenvalue weighted by molar-refractivity contribution is 7.05. The van der Waals surface area contributed by atoms with Crippen LogP contribution in [0.1, 0.15) is 29.4 Å². The van der Waals surface area contributed by atoms with Crippen molar-refractivity contribution in [2.45, 2.75) is 32.9 Å². The Hall–Kier alpha value is -1.34. The van der Waals surface area contributed by atoms with E-state index in [-0.39, 0.29) is 6.04 Å². The summed E-state index contributed by atoms with van der Waals surface area (Å²) in [5, 5.41) is 11.5. The molecule has 0 aliphatic carbocycles. The average molecular weight is 252 g/mol. The fourth-order valence-corrected chi connectivity index (χ4v) is 2.53. The maximum Gasteiger partial charge on any atom is 0.138 e. The van der Waals surface area contributed by atoms with Gasteiger partial charge in [-0.3, -0.25) is 4.68 Å². The minimum absolute atomic E-state index is 0.199. The van der Waals surface area contributed by atoms with E-state index in [1.165, 1.54) is 11.5 Å². The molecule has 0 aliphatic rings. The van der Waals surface area contributed by atoms with Gasteiger partial charge in [-0.2, -0.15) is 5.10 Å². The first-order chi connectivity index (χ1) is 8.26. The lowest BCUT2D eigenvalue weighted by atomic mass is 10.1. The fraction of sp³-hybridized carbons (Fsp3) is 0.600. The molecule has 0 saturated heterocycles. The van der Waals surface area contributed by atoms with Gasteiger partial charge in [0.05, 0.1) is 16.6 Å². The first kappa shape index (κ1) is 12.1. The molecule has 17 heavy (non-hydrogen) atoms. The number of aromatic nitrogens is 5. The van der Waals surface area contributed by atoms with Crippen LogP contribution in [-0.4, -0.2) is 31.4 Å². The van der Waals surface area contributed by atoms with Crippen LogP contribution in [0.25, 0.3) is 0 Å². The number of hydrogen-bond acceptors (Lipinski definition) is 6. The van der Waals surface area contributed by atoms with Crippen LogP contribution < -0.4 is 5.32 Å². The maximum absolute atomic E-state index is 4.29.